The maximum Gasteiger partial charge on any atom is 0.0170 e. The number of nitrogens with zero attached hydrogens (tertiary/aromatic N) is 1. The normalized spacial score (nSPS) is 7.57. The second kappa shape index (κ2) is 5.48. The van der Waals surface area contributed by atoms with Gasteiger partial charge >= 0.3 is 0 Å². The Morgan fingerprint density at radius 3 is 3.00 bits per heavy atom. The molecule has 1 radical (unpaired) electrons. The first-order valence-electron chi connectivity index (χ1n) is 2.31. The smallest absolute Gasteiger partial charge is 0.0170 e. The van der Waals surface area contributed by atoms with Crippen LogP contribution in [0.4, 0.5) is 0 Å². The molecule has 0 aromatic carbocycles. The first kappa shape index (κ1) is 6.48. The van der Waals surface area contributed by atoms with E-state index >= 15 is 0 Å². The first-order valence-corrected chi connectivity index (χ1v) is 2.31. The molecule has 0 aliphatic heterocycles. The third-order valence-corrected chi connectivity index (χ3v) is 0.641. The largest absolute Gasteiger partial charge is 0.245 e. The van der Waals surface area contributed by atoms with Gasteiger partial charge in [-0.3, -0.25) is 0 Å². The highest BCUT2D eigenvalue weighted by atomic mass is 14.8. The van der Waals surface area contributed by atoms with E-state index in [0.717, 1.165) is 13.0 Å². The van der Waals surface area contributed by atoms with E-state index in [2.05, 4.69) is 17.6 Å². The molecule has 0 aromatic heterocycles. The molecule has 7 heavy (non-hydrogen) atoms. The molecule has 39 valence electrons. The lowest BCUT2D eigenvalue weighted by Gasteiger charge is -1.83. The molecule has 0 rings (SSSR count). The zero-order chi connectivity index (χ0) is 5.54. The Morgan fingerprint density at radius 2 is 2.57 bits per heavy atom. The summed E-state index contributed by atoms with van der Waals surface area (Å²) in [5.74, 6) is 0. The topological polar surface area (TPSA) is 14.1 Å². The van der Waals surface area contributed by atoms with Crippen LogP contribution < -0.4 is 5.32 Å². The van der Waals surface area contributed by atoms with Crippen molar-refractivity contribution in [3.63, 3.8) is 0 Å². The summed E-state index contributed by atoms with van der Waals surface area (Å²) < 4.78 is 0. The molecular formula is C6H10N. The molecule has 0 fully saturated rings. The van der Waals surface area contributed by atoms with Gasteiger partial charge in [0.1, 0.15) is 0 Å². The summed E-state index contributed by atoms with van der Waals surface area (Å²) in [7, 11) is 1.80. The molecule has 1 heteroatoms. The number of rotatable bonds is 3. The third-order valence-electron chi connectivity index (χ3n) is 0.641. The summed E-state index contributed by atoms with van der Waals surface area (Å²) in [4.78, 5) is 0. The molecule has 0 aliphatic carbocycles. The van der Waals surface area contributed by atoms with Crippen molar-refractivity contribution >= 4 is 0 Å². The number of hydrogen-bond acceptors (Lipinski definition) is 0. The second-order valence-corrected chi connectivity index (χ2v) is 1.24. The van der Waals surface area contributed by atoms with Gasteiger partial charge in [0.25, 0.3) is 0 Å². The van der Waals surface area contributed by atoms with Gasteiger partial charge in [0.05, 0.1) is 0 Å². The minimum absolute atomic E-state index is 0.891. The summed E-state index contributed by atoms with van der Waals surface area (Å²) in [6.07, 6.45) is 2.85. The third kappa shape index (κ3) is 5.48. The van der Waals surface area contributed by atoms with Crippen LogP contribution in [0, 0.1) is 0 Å². The monoisotopic (exact) mass is 96.1 g/mol. The van der Waals surface area contributed by atoms with Crippen molar-refractivity contribution in [1.82, 2.24) is 5.32 Å². The lowest BCUT2D eigenvalue weighted by molar-refractivity contribution is 0.792. The Hall–Kier alpha value is -0.520. The Balaban J connectivity index is 2.83. The molecule has 0 aromatic rings. The van der Waals surface area contributed by atoms with Gasteiger partial charge in [0.2, 0.25) is 0 Å². The minimum atomic E-state index is 0.891. The van der Waals surface area contributed by atoms with E-state index in [4.69, 9.17) is 0 Å². The summed E-state index contributed by atoms with van der Waals surface area (Å²) in [5.41, 5.74) is 2.67. The van der Waals surface area contributed by atoms with Gasteiger partial charge in [0.15, 0.2) is 0 Å². The molecule has 0 N–H and O–H groups in total. The minimum Gasteiger partial charge on any atom is -0.245 e. The van der Waals surface area contributed by atoms with Crippen LogP contribution in [0.2, 0.25) is 0 Å². The van der Waals surface area contributed by atoms with Crippen LogP contribution in [0.25, 0.3) is 0 Å². The molecule has 0 spiro atoms. The Bertz CT molecular complexity index is 70.2. The van der Waals surface area contributed by atoms with E-state index in [1.165, 1.54) is 0 Å². The van der Waals surface area contributed by atoms with Gasteiger partial charge in [-0.1, -0.05) is 6.58 Å². The molecule has 0 bridgehead atoms. The summed E-state index contributed by atoms with van der Waals surface area (Å²) in [6, 6.07) is 0. The highest BCUT2D eigenvalue weighted by Crippen LogP contribution is 1.74. The average Bonchev–Trinajstić information content (AvgIpc) is 1.69. The Kier molecular flexibility index (Phi) is 5.07. The van der Waals surface area contributed by atoms with Crippen molar-refractivity contribution in [2.75, 3.05) is 13.6 Å². The van der Waals surface area contributed by atoms with Gasteiger partial charge in [-0.2, -0.15) is 0 Å². The first-order chi connectivity index (χ1) is 3.41. The van der Waals surface area contributed by atoms with Gasteiger partial charge in [-0.15, -0.1) is 5.73 Å². The van der Waals surface area contributed by atoms with Crippen molar-refractivity contribution in [2.24, 2.45) is 0 Å². The summed E-state index contributed by atoms with van der Waals surface area (Å²) >= 11 is 0. The van der Waals surface area contributed by atoms with Crippen LogP contribution in [0.15, 0.2) is 18.4 Å². The van der Waals surface area contributed by atoms with Crippen molar-refractivity contribution in [2.45, 2.75) is 6.42 Å². The SMILES string of the molecule is C=C=CCC[N]C. The van der Waals surface area contributed by atoms with Crippen LogP contribution in [-0.4, -0.2) is 13.6 Å². The highest BCUT2D eigenvalue weighted by Gasteiger charge is 1.72. The second-order valence-electron chi connectivity index (χ2n) is 1.24. The number of hydrogen-bond donors (Lipinski definition) is 0. The quantitative estimate of drug-likeness (QED) is 0.367. The fourth-order valence-corrected chi connectivity index (χ4v) is 0.296. The zero-order valence-corrected chi connectivity index (χ0v) is 4.65. The van der Waals surface area contributed by atoms with Crippen molar-refractivity contribution in [1.29, 1.82) is 0 Å². The van der Waals surface area contributed by atoms with E-state index in [9.17, 15) is 0 Å². The average molecular weight is 96.2 g/mol. The van der Waals surface area contributed by atoms with Crippen LogP contribution in [0.3, 0.4) is 0 Å². The van der Waals surface area contributed by atoms with E-state index in [0.29, 0.717) is 0 Å². The molecule has 0 saturated carbocycles. The van der Waals surface area contributed by atoms with E-state index in [-0.39, 0.29) is 0 Å². The van der Waals surface area contributed by atoms with Gasteiger partial charge in [-0.25, -0.2) is 5.32 Å². The Labute approximate surface area is 44.7 Å². The van der Waals surface area contributed by atoms with Crippen LogP contribution in [-0.2, 0) is 0 Å². The van der Waals surface area contributed by atoms with Crippen LogP contribution in [0.1, 0.15) is 6.42 Å². The molecule has 0 aliphatic rings. The van der Waals surface area contributed by atoms with E-state index in [1.54, 1.807) is 7.05 Å². The molecular weight excluding hydrogens is 86.1 g/mol. The maximum atomic E-state index is 3.87. The van der Waals surface area contributed by atoms with Crippen molar-refractivity contribution in [3.05, 3.63) is 18.4 Å². The highest BCUT2D eigenvalue weighted by molar-refractivity contribution is 4.75. The predicted molar refractivity (Wildman–Crippen MR) is 31.3 cm³/mol. The molecule has 0 heterocycles. The maximum absolute atomic E-state index is 3.87. The molecule has 0 amide bonds. The lowest BCUT2D eigenvalue weighted by Crippen LogP contribution is -1.95. The zero-order valence-electron chi connectivity index (χ0n) is 4.65. The van der Waals surface area contributed by atoms with E-state index < -0.39 is 0 Å². The van der Waals surface area contributed by atoms with Crippen LogP contribution in [0.5, 0.6) is 0 Å². The van der Waals surface area contributed by atoms with Crippen molar-refractivity contribution in [3.8, 4) is 0 Å². The van der Waals surface area contributed by atoms with E-state index in [1.807, 2.05) is 6.08 Å². The van der Waals surface area contributed by atoms with Gasteiger partial charge in [-0.05, 0) is 12.5 Å². The molecule has 1 nitrogen and oxygen atoms in total. The molecule has 0 unspecified atom stereocenters. The Morgan fingerprint density at radius 1 is 1.86 bits per heavy atom. The fourth-order valence-electron chi connectivity index (χ4n) is 0.296. The van der Waals surface area contributed by atoms with Crippen molar-refractivity contribution < 1.29 is 0 Å². The fraction of sp³-hybridized carbons (Fsp3) is 0.500. The van der Waals surface area contributed by atoms with Gasteiger partial charge < -0.3 is 0 Å². The summed E-state index contributed by atoms with van der Waals surface area (Å²) in [5, 5.41) is 3.87. The lowest BCUT2D eigenvalue weighted by atomic mass is 10.4. The molecule has 0 atom stereocenters. The van der Waals surface area contributed by atoms with Crippen LogP contribution >= 0.6 is 0 Å². The predicted octanol–water partition coefficient (Wildman–Crippen LogP) is 0.952. The van der Waals surface area contributed by atoms with Gasteiger partial charge in [0, 0.05) is 13.6 Å². The standard InChI is InChI=1S/C6H10N/c1-3-4-5-6-7-2/h4H,1,5-6H2,2H3. The summed E-state index contributed by atoms with van der Waals surface area (Å²) in [6.45, 7) is 4.30. The molecule has 0 saturated heterocycles.